The molecule has 3 N–H and O–H groups in total. The van der Waals surface area contributed by atoms with E-state index in [0.29, 0.717) is 11.0 Å². The summed E-state index contributed by atoms with van der Waals surface area (Å²) in [6.07, 6.45) is 5.09. The standard InChI is InChI=1S/C14H19BrN2S/c15-12-7-5-11(6-8-12)13(10-3-4-10)2-1-9-17-14(16)18/h5-8,10,13H,1-4,9H2,(H3,16,17,18). The summed E-state index contributed by atoms with van der Waals surface area (Å²) in [6.45, 7) is 0.884. The Morgan fingerprint density at radius 3 is 2.61 bits per heavy atom. The van der Waals surface area contributed by atoms with Crippen LogP contribution in [0.4, 0.5) is 0 Å². The van der Waals surface area contributed by atoms with Crippen molar-refractivity contribution in [3.8, 4) is 0 Å². The zero-order valence-corrected chi connectivity index (χ0v) is 12.8. The lowest BCUT2D eigenvalue weighted by atomic mass is 9.90. The molecule has 4 heteroatoms. The fourth-order valence-corrected chi connectivity index (χ4v) is 2.78. The molecule has 98 valence electrons. The van der Waals surface area contributed by atoms with Crippen molar-refractivity contribution in [2.45, 2.75) is 31.6 Å². The van der Waals surface area contributed by atoms with Gasteiger partial charge in [0, 0.05) is 11.0 Å². The monoisotopic (exact) mass is 326 g/mol. The van der Waals surface area contributed by atoms with Crippen LogP contribution in [0, 0.1) is 5.92 Å². The van der Waals surface area contributed by atoms with Crippen molar-refractivity contribution >= 4 is 33.3 Å². The topological polar surface area (TPSA) is 38.0 Å². The minimum absolute atomic E-state index is 0.404. The fraction of sp³-hybridized carbons (Fsp3) is 0.500. The number of halogens is 1. The zero-order chi connectivity index (χ0) is 13.0. The zero-order valence-electron chi connectivity index (χ0n) is 10.4. The van der Waals surface area contributed by atoms with E-state index in [-0.39, 0.29) is 0 Å². The Hall–Kier alpha value is -0.610. The lowest BCUT2D eigenvalue weighted by Gasteiger charge is -2.17. The SMILES string of the molecule is NC(=S)NCCCC(c1ccc(Br)cc1)C1CC1. The second-order valence-corrected chi connectivity index (χ2v) is 6.28. The molecule has 1 fully saturated rings. The van der Waals surface area contributed by atoms with E-state index in [9.17, 15) is 0 Å². The number of benzene rings is 1. The fourth-order valence-electron chi connectivity index (χ4n) is 2.42. The van der Waals surface area contributed by atoms with Crippen LogP contribution >= 0.6 is 28.1 Å². The van der Waals surface area contributed by atoms with Crippen LogP contribution in [-0.2, 0) is 0 Å². The first-order chi connectivity index (χ1) is 8.66. The lowest BCUT2D eigenvalue weighted by Crippen LogP contribution is -2.29. The molecule has 1 aromatic rings. The number of nitrogens with two attached hydrogens (primary N) is 1. The van der Waals surface area contributed by atoms with Gasteiger partial charge in [-0.3, -0.25) is 0 Å². The van der Waals surface area contributed by atoms with Crippen LogP contribution in [0.25, 0.3) is 0 Å². The number of hydrogen-bond acceptors (Lipinski definition) is 1. The van der Waals surface area contributed by atoms with Crippen LogP contribution in [0.5, 0.6) is 0 Å². The molecule has 1 unspecified atom stereocenters. The Bertz CT molecular complexity index is 401. The summed E-state index contributed by atoms with van der Waals surface area (Å²) in [5.41, 5.74) is 6.89. The van der Waals surface area contributed by atoms with Crippen molar-refractivity contribution in [3.05, 3.63) is 34.3 Å². The van der Waals surface area contributed by atoms with Crippen molar-refractivity contribution in [1.82, 2.24) is 5.32 Å². The van der Waals surface area contributed by atoms with Crippen molar-refractivity contribution in [2.75, 3.05) is 6.54 Å². The van der Waals surface area contributed by atoms with E-state index in [2.05, 4.69) is 45.5 Å². The van der Waals surface area contributed by atoms with Gasteiger partial charge in [0.05, 0.1) is 0 Å². The third kappa shape index (κ3) is 4.25. The minimum Gasteiger partial charge on any atom is -0.376 e. The van der Waals surface area contributed by atoms with Gasteiger partial charge in [0.15, 0.2) is 5.11 Å². The molecule has 2 rings (SSSR count). The quantitative estimate of drug-likeness (QED) is 0.620. The highest BCUT2D eigenvalue weighted by Crippen LogP contribution is 2.45. The maximum absolute atomic E-state index is 5.42. The van der Waals surface area contributed by atoms with Crippen LogP contribution in [0.2, 0.25) is 0 Å². The molecule has 1 atom stereocenters. The summed E-state index contributed by atoms with van der Waals surface area (Å²) >= 11 is 8.30. The molecule has 1 aliphatic rings. The molecule has 0 aromatic heterocycles. The van der Waals surface area contributed by atoms with Gasteiger partial charge in [0.1, 0.15) is 0 Å². The minimum atomic E-state index is 0.404. The van der Waals surface area contributed by atoms with Crippen LogP contribution in [0.3, 0.4) is 0 Å². The molecule has 2 nitrogen and oxygen atoms in total. The largest absolute Gasteiger partial charge is 0.376 e. The van der Waals surface area contributed by atoms with Gasteiger partial charge in [0.25, 0.3) is 0 Å². The molecule has 1 saturated carbocycles. The molecular weight excluding hydrogens is 308 g/mol. The van der Waals surface area contributed by atoms with Gasteiger partial charge < -0.3 is 11.1 Å². The molecular formula is C14H19BrN2S. The third-order valence-corrected chi connectivity index (χ3v) is 4.15. The van der Waals surface area contributed by atoms with Gasteiger partial charge >= 0.3 is 0 Å². The first-order valence-corrected chi connectivity index (χ1v) is 7.65. The Balaban J connectivity index is 1.88. The van der Waals surface area contributed by atoms with Gasteiger partial charge in [-0.2, -0.15) is 0 Å². The molecule has 1 aromatic carbocycles. The highest BCUT2D eigenvalue weighted by molar-refractivity contribution is 9.10. The maximum Gasteiger partial charge on any atom is 0.163 e. The van der Waals surface area contributed by atoms with Gasteiger partial charge in [-0.05, 0) is 67.4 Å². The average Bonchev–Trinajstić information content (AvgIpc) is 3.15. The molecule has 0 spiro atoms. The normalized spacial score (nSPS) is 16.3. The maximum atomic E-state index is 5.42. The molecule has 0 amide bonds. The molecule has 18 heavy (non-hydrogen) atoms. The number of nitrogens with one attached hydrogen (secondary N) is 1. The number of hydrogen-bond donors (Lipinski definition) is 2. The van der Waals surface area contributed by atoms with E-state index in [1.807, 2.05) is 0 Å². The highest BCUT2D eigenvalue weighted by atomic mass is 79.9. The summed E-state index contributed by atoms with van der Waals surface area (Å²) in [6, 6.07) is 8.76. The first-order valence-electron chi connectivity index (χ1n) is 6.45. The van der Waals surface area contributed by atoms with Crippen molar-refractivity contribution < 1.29 is 0 Å². The van der Waals surface area contributed by atoms with Gasteiger partial charge in [-0.1, -0.05) is 28.1 Å². The van der Waals surface area contributed by atoms with E-state index in [1.165, 1.54) is 24.8 Å². The molecule has 0 radical (unpaired) electrons. The van der Waals surface area contributed by atoms with Crippen LogP contribution < -0.4 is 11.1 Å². The van der Waals surface area contributed by atoms with Crippen molar-refractivity contribution in [3.63, 3.8) is 0 Å². The predicted molar refractivity (Wildman–Crippen MR) is 83.6 cm³/mol. The van der Waals surface area contributed by atoms with Crippen molar-refractivity contribution in [1.29, 1.82) is 0 Å². The second kappa shape index (κ2) is 6.53. The van der Waals surface area contributed by atoms with E-state index in [4.69, 9.17) is 18.0 Å². The van der Waals surface area contributed by atoms with Crippen molar-refractivity contribution in [2.24, 2.45) is 11.7 Å². The number of rotatable bonds is 6. The summed E-state index contributed by atoms with van der Waals surface area (Å²) in [7, 11) is 0. The third-order valence-electron chi connectivity index (χ3n) is 3.48. The molecule has 0 aliphatic heterocycles. The summed E-state index contributed by atoms with van der Waals surface area (Å²) in [5, 5.41) is 3.43. The predicted octanol–water partition coefficient (Wildman–Crippen LogP) is 3.56. The van der Waals surface area contributed by atoms with Crippen LogP contribution in [0.1, 0.15) is 37.2 Å². The Morgan fingerprint density at radius 2 is 2.06 bits per heavy atom. The van der Waals surface area contributed by atoms with Crippen LogP contribution in [-0.4, -0.2) is 11.7 Å². The summed E-state index contributed by atoms with van der Waals surface area (Å²) < 4.78 is 1.15. The van der Waals surface area contributed by atoms with Gasteiger partial charge in [-0.15, -0.1) is 0 Å². The van der Waals surface area contributed by atoms with Gasteiger partial charge in [0.2, 0.25) is 0 Å². The summed E-state index contributed by atoms with van der Waals surface area (Å²) in [4.78, 5) is 0. The Labute approximate surface area is 122 Å². The van der Waals surface area contributed by atoms with E-state index in [0.717, 1.165) is 23.4 Å². The van der Waals surface area contributed by atoms with E-state index >= 15 is 0 Å². The number of thiocarbonyl (C=S) groups is 1. The van der Waals surface area contributed by atoms with Crippen LogP contribution in [0.15, 0.2) is 28.7 Å². The van der Waals surface area contributed by atoms with E-state index in [1.54, 1.807) is 0 Å². The first kappa shape index (κ1) is 13.8. The highest BCUT2D eigenvalue weighted by Gasteiger charge is 2.31. The lowest BCUT2D eigenvalue weighted by molar-refractivity contribution is 0.532. The molecule has 0 bridgehead atoms. The second-order valence-electron chi connectivity index (χ2n) is 4.93. The summed E-state index contributed by atoms with van der Waals surface area (Å²) in [5.74, 6) is 1.59. The Morgan fingerprint density at radius 1 is 1.39 bits per heavy atom. The van der Waals surface area contributed by atoms with E-state index < -0.39 is 0 Å². The molecule has 0 saturated heterocycles. The Kier molecular flexibility index (Phi) is 5.01. The average molecular weight is 327 g/mol. The molecule has 1 aliphatic carbocycles. The smallest absolute Gasteiger partial charge is 0.163 e. The molecule has 0 heterocycles. The van der Waals surface area contributed by atoms with Gasteiger partial charge in [-0.25, -0.2) is 0 Å².